The summed E-state index contributed by atoms with van der Waals surface area (Å²) in [4.78, 5) is 22.5. The minimum absolute atomic E-state index is 0.0246. The van der Waals surface area contributed by atoms with Crippen LogP contribution in [0, 0.1) is 17.0 Å². The smallest absolute Gasteiger partial charge is 0.272 e. The normalized spacial score (nSPS) is 17.5. The zero-order valence-electron chi connectivity index (χ0n) is 11.2. The Morgan fingerprint density at radius 2 is 2.10 bits per heavy atom. The third-order valence-electron chi connectivity index (χ3n) is 3.49. The third-order valence-corrected chi connectivity index (χ3v) is 3.49. The van der Waals surface area contributed by atoms with Crippen molar-refractivity contribution in [1.29, 1.82) is 0 Å². The summed E-state index contributed by atoms with van der Waals surface area (Å²) in [6.07, 6.45) is 0.926. The minimum Gasteiger partial charge on any atom is -0.381 e. The standard InChI is InChI=1S/C13H17N3O4/c1-9-8-10(2-3-11(9)16(18)19)15-12(17)13(14)4-6-20-7-5-13/h2-3,8H,4-7,14H2,1H3,(H,15,17). The van der Waals surface area contributed by atoms with Crippen molar-refractivity contribution in [2.24, 2.45) is 5.73 Å². The molecule has 1 aromatic carbocycles. The number of rotatable bonds is 3. The van der Waals surface area contributed by atoms with Crippen LogP contribution >= 0.6 is 0 Å². The maximum absolute atomic E-state index is 12.2. The summed E-state index contributed by atoms with van der Waals surface area (Å²) < 4.78 is 5.19. The van der Waals surface area contributed by atoms with E-state index in [1.165, 1.54) is 12.1 Å². The van der Waals surface area contributed by atoms with Gasteiger partial charge >= 0.3 is 0 Å². The van der Waals surface area contributed by atoms with Gasteiger partial charge in [-0.2, -0.15) is 0 Å². The maximum Gasteiger partial charge on any atom is 0.272 e. The van der Waals surface area contributed by atoms with Gasteiger partial charge < -0.3 is 15.8 Å². The quantitative estimate of drug-likeness (QED) is 0.641. The first kappa shape index (κ1) is 14.4. The van der Waals surface area contributed by atoms with E-state index in [4.69, 9.17) is 10.5 Å². The molecule has 0 spiro atoms. The Balaban J connectivity index is 2.12. The first-order chi connectivity index (χ1) is 9.42. The first-order valence-electron chi connectivity index (χ1n) is 6.35. The number of nitro benzene ring substituents is 1. The summed E-state index contributed by atoms with van der Waals surface area (Å²) in [7, 11) is 0. The van der Waals surface area contributed by atoms with Crippen molar-refractivity contribution in [3.8, 4) is 0 Å². The maximum atomic E-state index is 12.2. The molecule has 1 fully saturated rings. The van der Waals surface area contributed by atoms with Gasteiger partial charge in [0.15, 0.2) is 0 Å². The van der Waals surface area contributed by atoms with Gasteiger partial charge in [-0.1, -0.05) is 0 Å². The van der Waals surface area contributed by atoms with E-state index >= 15 is 0 Å². The highest BCUT2D eigenvalue weighted by molar-refractivity contribution is 5.98. The molecule has 20 heavy (non-hydrogen) atoms. The Labute approximate surface area is 116 Å². The fraction of sp³-hybridized carbons (Fsp3) is 0.462. The topological polar surface area (TPSA) is 107 Å². The highest BCUT2D eigenvalue weighted by Gasteiger charge is 2.35. The SMILES string of the molecule is Cc1cc(NC(=O)C2(N)CCOCC2)ccc1[N+](=O)[O-]. The van der Waals surface area contributed by atoms with E-state index in [1.807, 2.05) is 0 Å². The Bertz CT molecular complexity index is 538. The van der Waals surface area contributed by atoms with E-state index < -0.39 is 10.5 Å². The van der Waals surface area contributed by atoms with Gasteiger partial charge in [0.1, 0.15) is 5.54 Å². The molecule has 0 aliphatic carbocycles. The van der Waals surface area contributed by atoms with Crippen molar-refractivity contribution < 1.29 is 14.5 Å². The fourth-order valence-corrected chi connectivity index (χ4v) is 2.16. The summed E-state index contributed by atoms with van der Waals surface area (Å²) in [6.45, 7) is 2.55. The van der Waals surface area contributed by atoms with E-state index in [1.54, 1.807) is 13.0 Å². The second kappa shape index (κ2) is 5.56. The molecule has 108 valence electrons. The van der Waals surface area contributed by atoms with E-state index in [9.17, 15) is 14.9 Å². The highest BCUT2D eigenvalue weighted by Crippen LogP contribution is 2.24. The van der Waals surface area contributed by atoms with Crippen LogP contribution in [-0.4, -0.2) is 29.6 Å². The first-order valence-corrected chi connectivity index (χ1v) is 6.35. The Hall–Kier alpha value is -1.99. The van der Waals surface area contributed by atoms with E-state index in [0.717, 1.165) is 0 Å². The molecule has 1 aliphatic heterocycles. The van der Waals surface area contributed by atoms with Crippen LogP contribution < -0.4 is 11.1 Å². The summed E-state index contributed by atoms with van der Waals surface area (Å²) in [5.41, 5.74) is 6.15. The Morgan fingerprint density at radius 1 is 1.45 bits per heavy atom. The van der Waals surface area contributed by atoms with Gasteiger partial charge in [-0.3, -0.25) is 14.9 Å². The number of carbonyl (C=O) groups is 1. The van der Waals surface area contributed by atoms with Gasteiger partial charge in [0, 0.05) is 30.5 Å². The molecule has 1 amide bonds. The number of nitrogens with one attached hydrogen (secondary N) is 1. The van der Waals surface area contributed by atoms with Crippen molar-refractivity contribution >= 4 is 17.3 Å². The van der Waals surface area contributed by atoms with Crippen LogP contribution in [0.25, 0.3) is 0 Å². The number of hydrogen-bond acceptors (Lipinski definition) is 5. The number of anilines is 1. The number of amides is 1. The molecule has 1 saturated heterocycles. The number of nitrogens with two attached hydrogens (primary N) is 1. The van der Waals surface area contributed by atoms with Crippen molar-refractivity contribution in [3.63, 3.8) is 0 Å². The van der Waals surface area contributed by atoms with Crippen molar-refractivity contribution in [3.05, 3.63) is 33.9 Å². The Morgan fingerprint density at radius 3 is 2.65 bits per heavy atom. The van der Waals surface area contributed by atoms with Crippen LogP contribution in [0.15, 0.2) is 18.2 Å². The monoisotopic (exact) mass is 279 g/mol. The number of nitro groups is 1. The number of aryl methyl sites for hydroxylation is 1. The average Bonchev–Trinajstić information content (AvgIpc) is 2.39. The van der Waals surface area contributed by atoms with E-state index in [2.05, 4.69) is 5.32 Å². The molecule has 7 heteroatoms. The molecular weight excluding hydrogens is 262 g/mol. The third kappa shape index (κ3) is 2.94. The van der Waals surface area contributed by atoms with Crippen LogP contribution in [0.4, 0.5) is 11.4 Å². The van der Waals surface area contributed by atoms with Gasteiger partial charge in [0.05, 0.1) is 4.92 Å². The van der Waals surface area contributed by atoms with E-state index in [0.29, 0.717) is 37.3 Å². The number of nitrogens with zero attached hydrogens (tertiary/aromatic N) is 1. The van der Waals surface area contributed by atoms with Crippen LogP contribution in [0.5, 0.6) is 0 Å². The number of carbonyl (C=O) groups excluding carboxylic acids is 1. The molecule has 1 aromatic rings. The number of ether oxygens (including phenoxy) is 1. The van der Waals surface area contributed by atoms with Gasteiger partial charge in [-0.05, 0) is 31.9 Å². The molecular formula is C13H17N3O4. The molecule has 0 saturated carbocycles. The molecule has 0 atom stereocenters. The average molecular weight is 279 g/mol. The predicted molar refractivity (Wildman–Crippen MR) is 73.4 cm³/mol. The lowest BCUT2D eigenvalue weighted by atomic mass is 9.90. The predicted octanol–water partition coefficient (Wildman–Crippen LogP) is 1.35. The molecule has 1 aliphatic rings. The van der Waals surface area contributed by atoms with Crippen LogP contribution in [-0.2, 0) is 9.53 Å². The summed E-state index contributed by atoms with van der Waals surface area (Å²) in [5.74, 6) is -0.283. The van der Waals surface area contributed by atoms with Gasteiger partial charge in [0.2, 0.25) is 5.91 Å². The largest absolute Gasteiger partial charge is 0.381 e. The number of benzene rings is 1. The summed E-state index contributed by atoms with van der Waals surface area (Å²) in [5, 5.41) is 13.5. The molecule has 0 aromatic heterocycles. The summed E-state index contributed by atoms with van der Waals surface area (Å²) in [6, 6.07) is 4.45. The van der Waals surface area contributed by atoms with Gasteiger partial charge in [-0.15, -0.1) is 0 Å². The molecule has 2 rings (SSSR count). The molecule has 3 N–H and O–H groups in total. The van der Waals surface area contributed by atoms with Crippen LogP contribution in [0.3, 0.4) is 0 Å². The fourth-order valence-electron chi connectivity index (χ4n) is 2.16. The van der Waals surface area contributed by atoms with Gasteiger partial charge in [-0.25, -0.2) is 0 Å². The van der Waals surface area contributed by atoms with Crippen LogP contribution in [0.2, 0.25) is 0 Å². The second-order valence-electron chi connectivity index (χ2n) is 4.98. The zero-order chi connectivity index (χ0) is 14.8. The van der Waals surface area contributed by atoms with Crippen molar-refractivity contribution in [2.45, 2.75) is 25.3 Å². The highest BCUT2D eigenvalue weighted by atomic mass is 16.6. The van der Waals surface area contributed by atoms with Crippen molar-refractivity contribution in [2.75, 3.05) is 18.5 Å². The van der Waals surface area contributed by atoms with Crippen molar-refractivity contribution in [1.82, 2.24) is 0 Å². The molecule has 0 radical (unpaired) electrons. The Kier molecular flexibility index (Phi) is 4.01. The zero-order valence-corrected chi connectivity index (χ0v) is 11.2. The van der Waals surface area contributed by atoms with E-state index in [-0.39, 0.29) is 11.6 Å². The molecule has 0 bridgehead atoms. The minimum atomic E-state index is -0.937. The second-order valence-corrected chi connectivity index (χ2v) is 4.98. The van der Waals surface area contributed by atoms with Gasteiger partial charge in [0.25, 0.3) is 5.69 Å². The lowest BCUT2D eigenvalue weighted by Crippen LogP contribution is -2.54. The summed E-state index contributed by atoms with van der Waals surface area (Å²) >= 11 is 0. The number of hydrogen-bond donors (Lipinski definition) is 2. The molecule has 0 unspecified atom stereocenters. The van der Waals surface area contributed by atoms with Crippen LogP contribution in [0.1, 0.15) is 18.4 Å². The lowest BCUT2D eigenvalue weighted by Gasteiger charge is -2.31. The molecule has 1 heterocycles. The molecule has 7 nitrogen and oxygen atoms in total. The lowest BCUT2D eigenvalue weighted by molar-refractivity contribution is -0.385.